The predicted octanol–water partition coefficient (Wildman–Crippen LogP) is 4.69. The number of thioether (sulfide) groups is 1. The Balaban J connectivity index is 0.00000261. The number of hydrogen-bond donors (Lipinski definition) is 0. The van der Waals surface area contributed by atoms with Crippen LogP contribution in [0.1, 0.15) is 23.0 Å². The largest absolute Gasteiger partial charge is 0.495 e. The Kier molecular flexibility index (Phi) is 8.96. The number of hydrogen-bond acceptors (Lipinski definition) is 6. The number of piperazine rings is 1. The van der Waals surface area contributed by atoms with Crippen LogP contribution in [0.25, 0.3) is 0 Å². The molecule has 2 aromatic rings. The number of Topliss-reactive ketones (excluding diaryl/α,β-unsaturated/α-hetero) is 1. The number of carbonyl (C=O) groups excluding carboxylic acids is 1. The standard InChI is InChI=1S/C20H26N2O2S2.ClH/c1-16(23)19-8-9-20(26-19)25-15-5-10-21-11-13-22(14-12-21)17-6-3-4-7-18(17)24-2;/h3-4,6-9H,5,10-15H2,1-2H3;1H. The number of ether oxygens (including phenoxy) is 1. The van der Waals surface area contributed by atoms with Crippen LogP contribution in [-0.2, 0) is 0 Å². The van der Waals surface area contributed by atoms with Gasteiger partial charge in [-0.3, -0.25) is 9.69 Å². The number of rotatable bonds is 8. The molecule has 1 aliphatic heterocycles. The molecule has 1 fully saturated rings. The first-order valence-electron chi connectivity index (χ1n) is 9.01. The summed E-state index contributed by atoms with van der Waals surface area (Å²) in [5.41, 5.74) is 1.20. The van der Waals surface area contributed by atoms with Crippen molar-refractivity contribution in [1.29, 1.82) is 0 Å². The Morgan fingerprint density at radius 1 is 1.15 bits per heavy atom. The lowest BCUT2D eigenvalue weighted by atomic mass is 10.2. The molecule has 1 aromatic carbocycles. The molecule has 0 bridgehead atoms. The van der Waals surface area contributed by atoms with Gasteiger partial charge in [0.15, 0.2) is 5.78 Å². The molecular weight excluding hydrogens is 400 g/mol. The van der Waals surface area contributed by atoms with E-state index < -0.39 is 0 Å². The molecule has 2 heterocycles. The van der Waals surface area contributed by atoms with Crippen LogP contribution in [0.3, 0.4) is 0 Å². The Hall–Kier alpha value is -1.21. The first-order chi connectivity index (χ1) is 12.7. The van der Waals surface area contributed by atoms with Gasteiger partial charge in [0.05, 0.1) is 21.9 Å². The van der Waals surface area contributed by atoms with Gasteiger partial charge in [0, 0.05) is 31.9 Å². The van der Waals surface area contributed by atoms with E-state index >= 15 is 0 Å². The van der Waals surface area contributed by atoms with Gasteiger partial charge in [-0.25, -0.2) is 0 Å². The Bertz CT molecular complexity index is 730. The van der Waals surface area contributed by atoms with Crippen molar-refractivity contribution in [2.45, 2.75) is 17.6 Å². The molecule has 0 atom stereocenters. The van der Waals surface area contributed by atoms with Crippen molar-refractivity contribution < 1.29 is 9.53 Å². The first-order valence-corrected chi connectivity index (χ1v) is 10.8. The van der Waals surface area contributed by atoms with Crippen LogP contribution in [0.5, 0.6) is 5.75 Å². The zero-order valence-electron chi connectivity index (χ0n) is 15.8. The lowest BCUT2D eigenvalue weighted by Crippen LogP contribution is -2.46. The van der Waals surface area contributed by atoms with E-state index in [1.54, 1.807) is 25.4 Å². The topological polar surface area (TPSA) is 32.8 Å². The second-order valence-corrected chi connectivity index (χ2v) is 8.86. The monoisotopic (exact) mass is 426 g/mol. The third-order valence-corrected chi connectivity index (χ3v) is 7.09. The summed E-state index contributed by atoms with van der Waals surface area (Å²) in [5, 5.41) is 0. The molecule has 0 amide bonds. The Labute approximate surface area is 176 Å². The zero-order chi connectivity index (χ0) is 18.4. The molecule has 0 saturated carbocycles. The minimum absolute atomic E-state index is 0. The van der Waals surface area contributed by atoms with E-state index in [1.807, 2.05) is 30.0 Å². The Morgan fingerprint density at radius 3 is 2.56 bits per heavy atom. The third kappa shape index (κ3) is 6.14. The number of nitrogens with zero attached hydrogens (tertiary/aromatic N) is 2. The van der Waals surface area contributed by atoms with Crippen LogP contribution in [0.2, 0.25) is 0 Å². The smallest absolute Gasteiger partial charge is 0.169 e. The van der Waals surface area contributed by atoms with Crippen LogP contribution < -0.4 is 9.64 Å². The second-order valence-electron chi connectivity index (χ2n) is 6.38. The van der Waals surface area contributed by atoms with Gasteiger partial charge < -0.3 is 9.64 Å². The SMILES string of the molecule is COc1ccccc1N1CCN(CCCSc2ccc(C(C)=O)s2)CC1.Cl. The highest BCUT2D eigenvalue weighted by Gasteiger charge is 2.19. The zero-order valence-corrected chi connectivity index (χ0v) is 18.3. The summed E-state index contributed by atoms with van der Waals surface area (Å²) < 4.78 is 6.73. The van der Waals surface area contributed by atoms with Gasteiger partial charge >= 0.3 is 0 Å². The molecule has 1 saturated heterocycles. The number of halogens is 1. The van der Waals surface area contributed by atoms with Gasteiger partial charge in [0.2, 0.25) is 0 Å². The van der Waals surface area contributed by atoms with E-state index in [4.69, 9.17) is 4.74 Å². The molecule has 0 N–H and O–H groups in total. The summed E-state index contributed by atoms with van der Waals surface area (Å²) in [6.07, 6.45) is 1.17. The van der Waals surface area contributed by atoms with Crippen molar-refractivity contribution >= 4 is 47.0 Å². The highest BCUT2D eigenvalue weighted by Crippen LogP contribution is 2.29. The molecule has 0 aliphatic carbocycles. The summed E-state index contributed by atoms with van der Waals surface area (Å²) in [6.45, 7) is 7.04. The maximum absolute atomic E-state index is 11.3. The fourth-order valence-electron chi connectivity index (χ4n) is 3.15. The summed E-state index contributed by atoms with van der Waals surface area (Å²) >= 11 is 3.47. The van der Waals surface area contributed by atoms with Crippen molar-refractivity contribution in [2.75, 3.05) is 50.5 Å². The maximum atomic E-state index is 11.3. The fraction of sp³-hybridized carbons (Fsp3) is 0.450. The molecule has 4 nitrogen and oxygen atoms in total. The third-order valence-electron chi connectivity index (χ3n) is 4.59. The maximum Gasteiger partial charge on any atom is 0.169 e. The second kappa shape index (κ2) is 11.0. The molecule has 0 unspecified atom stereocenters. The molecule has 27 heavy (non-hydrogen) atoms. The molecule has 7 heteroatoms. The van der Waals surface area contributed by atoms with Crippen molar-refractivity contribution in [3.05, 3.63) is 41.3 Å². The fourth-order valence-corrected chi connectivity index (χ4v) is 5.18. The lowest BCUT2D eigenvalue weighted by Gasteiger charge is -2.36. The number of thiophene rings is 1. The van der Waals surface area contributed by atoms with Gasteiger partial charge in [-0.15, -0.1) is 35.5 Å². The van der Waals surface area contributed by atoms with Gasteiger partial charge in [0.1, 0.15) is 5.75 Å². The van der Waals surface area contributed by atoms with Crippen molar-refractivity contribution in [2.24, 2.45) is 0 Å². The van der Waals surface area contributed by atoms with E-state index in [-0.39, 0.29) is 18.2 Å². The molecule has 0 radical (unpaired) electrons. The normalized spacial score (nSPS) is 14.7. The lowest BCUT2D eigenvalue weighted by molar-refractivity contribution is 0.102. The van der Waals surface area contributed by atoms with Gasteiger partial charge in [-0.1, -0.05) is 12.1 Å². The van der Waals surface area contributed by atoms with Crippen LogP contribution in [0.15, 0.2) is 40.6 Å². The van der Waals surface area contributed by atoms with Crippen LogP contribution in [0, 0.1) is 0 Å². The number of para-hydroxylation sites is 2. The quantitative estimate of drug-likeness (QED) is 0.347. The van der Waals surface area contributed by atoms with E-state index in [9.17, 15) is 4.79 Å². The van der Waals surface area contributed by atoms with E-state index in [0.29, 0.717) is 0 Å². The minimum atomic E-state index is 0. The summed E-state index contributed by atoms with van der Waals surface area (Å²) in [6, 6.07) is 12.3. The van der Waals surface area contributed by atoms with E-state index in [0.717, 1.165) is 49.1 Å². The van der Waals surface area contributed by atoms with Crippen LogP contribution in [-0.4, -0.2) is 56.3 Å². The number of methoxy groups -OCH3 is 1. The van der Waals surface area contributed by atoms with Crippen molar-refractivity contribution in [3.8, 4) is 5.75 Å². The van der Waals surface area contributed by atoms with Gasteiger partial charge in [-0.05, 0) is 44.2 Å². The number of ketones is 1. The van der Waals surface area contributed by atoms with Crippen LogP contribution >= 0.6 is 35.5 Å². The van der Waals surface area contributed by atoms with Crippen molar-refractivity contribution in [3.63, 3.8) is 0 Å². The highest BCUT2D eigenvalue weighted by molar-refractivity contribution is 8.01. The first kappa shape index (κ1) is 22.1. The van der Waals surface area contributed by atoms with Crippen LogP contribution in [0.4, 0.5) is 5.69 Å². The highest BCUT2D eigenvalue weighted by atomic mass is 35.5. The average molecular weight is 427 g/mol. The number of carbonyl (C=O) groups is 1. The van der Waals surface area contributed by atoms with Gasteiger partial charge in [0.25, 0.3) is 0 Å². The van der Waals surface area contributed by atoms with Crippen molar-refractivity contribution in [1.82, 2.24) is 4.90 Å². The molecule has 3 rings (SSSR count). The summed E-state index contributed by atoms with van der Waals surface area (Å²) in [4.78, 5) is 17.2. The number of benzene rings is 1. The van der Waals surface area contributed by atoms with E-state index in [2.05, 4.69) is 28.0 Å². The Morgan fingerprint density at radius 2 is 1.89 bits per heavy atom. The molecule has 1 aliphatic rings. The van der Waals surface area contributed by atoms with Gasteiger partial charge in [-0.2, -0.15) is 0 Å². The molecule has 0 spiro atoms. The summed E-state index contributed by atoms with van der Waals surface area (Å²) in [5.74, 6) is 2.22. The molecule has 1 aromatic heterocycles. The minimum Gasteiger partial charge on any atom is -0.495 e. The summed E-state index contributed by atoms with van der Waals surface area (Å²) in [7, 11) is 1.74. The molecule has 148 valence electrons. The molecular formula is C20H27ClN2O2S2. The van der Waals surface area contributed by atoms with E-state index in [1.165, 1.54) is 16.3 Å². The number of anilines is 1. The average Bonchev–Trinajstić information content (AvgIpc) is 3.15. The predicted molar refractivity (Wildman–Crippen MR) is 119 cm³/mol.